The molecule has 96 valence electrons. The molecule has 4 nitrogen and oxygen atoms in total. The molecule has 2 saturated heterocycles. The third kappa shape index (κ3) is 2.80. The van der Waals surface area contributed by atoms with E-state index in [9.17, 15) is 4.79 Å². The molecule has 2 heterocycles. The van der Waals surface area contributed by atoms with Crippen molar-refractivity contribution in [3.63, 3.8) is 0 Å². The highest BCUT2D eigenvalue weighted by Gasteiger charge is 2.41. The fourth-order valence-corrected chi connectivity index (χ4v) is 3.07. The average molecular weight is 238 g/mol. The Kier molecular flexibility index (Phi) is 3.34. The molecule has 1 amide bonds. The molecule has 0 radical (unpaired) electrons. The fraction of sp³-hybridized carbons (Fsp3) is 0.923. The highest BCUT2D eigenvalue weighted by Crippen LogP contribution is 2.38. The first-order chi connectivity index (χ1) is 8.33. The van der Waals surface area contributed by atoms with Crippen LogP contribution in [0.4, 0.5) is 0 Å². The van der Waals surface area contributed by atoms with E-state index in [1.165, 1.54) is 12.8 Å². The summed E-state index contributed by atoms with van der Waals surface area (Å²) in [7, 11) is 0. The second-order valence-electron chi connectivity index (χ2n) is 5.70. The Morgan fingerprint density at radius 2 is 2.18 bits per heavy atom. The molecule has 0 aromatic rings. The van der Waals surface area contributed by atoms with Gasteiger partial charge >= 0.3 is 0 Å². The van der Waals surface area contributed by atoms with Gasteiger partial charge in [0.1, 0.15) is 0 Å². The van der Waals surface area contributed by atoms with Gasteiger partial charge in [0.2, 0.25) is 5.91 Å². The molecule has 1 aliphatic carbocycles. The zero-order valence-corrected chi connectivity index (χ0v) is 10.3. The van der Waals surface area contributed by atoms with Crippen molar-refractivity contribution < 1.29 is 9.53 Å². The lowest BCUT2D eigenvalue weighted by Crippen LogP contribution is -2.42. The van der Waals surface area contributed by atoms with Gasteiger partial charge in [0.15, 0.2) is 0 Å². The second kappa shape index (κ2) is 4.94. The number of ether oxygens (including phenoxy) is 1. The predicted molar refractivity (Wildman–Crippen MR) is 64.6 cm³/mol. The Morgan fingerprint density at radius 1 is 1.29 bits per heavy atom. The van der Waals surface area contributed by atoms with Crippen LogP contribution in [0.3, 0.4) is 0 Å². The van der Waals surface area contributed by atoms with Gasteiger partial charge in [-0.05, 0) is 50.6 Å². The van der Waals surface area contributed by atoms with Crippen LogP contribution in [0.25, 0.3) is 0 Å². The van der Waals surface area contributed by atoms with Gasteiger partial charge in [-0.2, -0.15) is 0 Å². The molecule has 3 fully saturated rings. The molecule has 3 rings (SSSR count). The lowest BCUT2D eigenvalue weighted by molar-refractivity contribution is -0.123. The average Bonchev–Trinajstić information content (AvgIpc) is 2.84. The highest BCUT2D eigenvalue weighted by molar-refractivity contribution is 5.76. The zero-order valence-electron chi connectivity index (χ0n) is 10.3. The van der Waals surface area contributed by atoms with Gasteiger partial charge in [-0.15, -0.1) is 0 Å². The monoisotopic (exact) mass is 238 g/mol. The maximum atomic E-state index is 11.9. The maximum absolute atomic E-state index is 11.9. The van der Waals surface area contributed by atoms with Gasteiger partial charge in [-0.1, -0.05) is 0 Å². The molecule has 17 heavy (non-hydrogen) atoms. The predicted octanol–water partition coefficient (Wildman–Crippen LogP) is 0.670. The molecule has 0 aromatic heterocycles. The van der Waals surface area contributed by atoms with Crippen molar-refractivity contribution in [2.45, 2.75) is 44.2 Å². The lowest BCUT2D eigenvalue weighted by Gasteiger charge is -2.20. The number of amides is 1. The summed E-state index contributed by atoms with van der Waals surface area (Å²) >= 11 is 0. The minimum Gasteiger partial charge on any atom is -0.376 e. The third-order valence-corrected chi connectivity index (χ3v) is 4.21. The first-order valence-electron chi connectivity index (χ1n) is 6.94. The number of hydrogen-bond acceptors (Lipinski definition) is 3. The fourth-order valence-electron chi connectivity index (χ4n) is 3.07. The van der Waals surface area contributed by atoms with E-state index in [-0.39, 0.29) is 11.9 Å². The first-order valence-corrected chi connectivity index (χ1v) is 6.94. The van der Waals surface area contributed by atoms with Crippen LogP contribution in [0.15, 0.2) is 0 Å². The number of nitrogens with one attached hydrogen (secondary N) is 2. The standard InChI is InChI=1S/C13H22N2O2/c16-12(7-9-3-5-14-8-9)15-11-4-6-17-13(11)10-1-2-10/h9-11,13-14H,1-8H2,(H,15,16). The van der Waals surface area contributed by atoms with Gasteiger partial charge < -0.3 is 15.4 Å². The SMILES string of the molecule is O=C(CC1CCNC1)NC1CCOC1C1CC1. The molecule has 1 saturated carbocycles. The van der Waals surface area contributed by atoms with Crippen LogP contribution in [-0.4, -0.2) is 37.7 Å². The van der Waals surface area contributed by atoms with Crippen molar-refractivity contribution in [2.75, 3.05) is 19.7 Å². The number of rotatable bonds is 4. The summed E-state index contributed by atoms with van der Waals surface area (Å²) in [5.74, 6) is 1.48. The second-order valence-corrected chi connectivity index (χ2v) is 5.70. The molecule has 4 heteroatoms. The van der Waals surface area contributed by atoms with Crippen molar-refractivity contribution in [3.8, 4) is 0 Å². The van der Waals surface area contributed by atoms with Crippen molar-refractivity contribution in [1.29, 1.82) is 0 Å². The smallest absolute Gasteiger partial charge is 0.220 e. The van der Waals surface area contributed by atoms with Crippen LogP contribution in [0.2, 0.25) is 0 Å². The summed E-state index contributed by atoms with van der Waals surface area (Å²) in [6, 6.07) is 0.282. The molecule has 2 aliphatic heterocycles. The number of hydrogen-bond donors (Lipinski definition) is 2. The molecule has 3 unspecified atom stereocenters. The van der Waals surface area contributed by atoms with Crippen molar-refractivity contribution in [1.82, 2.24) is 10.6 Å². The van der Waals surface area contributed by atoms with Gasteiger partial charge in [-0.25, -0.2) is 0 Å². The van der Waals surface area contributed by atoms with Crippen molar-refractivity contribution >= 4 is 5.91 Å². The lowest BCUT2D eigenvalue weighted by atomic mass is 10.0. The molecular formula is C13H22N2O2. The largest absolute Gasteiger partial charge is 0.376 e. The van der Waals surface area contributed by atoms with Crippen LogP contribution >= 0.6 is 0 Å². The minimum absolute atomic E-state index is 0.222. The summed E-state index contributed by atoms with van der Waals surface area (Å²) < 4.78 is 5.73. The van der Waals surface area contributed by atoms with E-state index in [0.717, 1.165) is 38.5 Å². The quantitative estimate of drug-likeness (QED) is 0.757. The molecule has 2 N–H and O–H groups in total. The molecule has 3 atom stereocenters. The summed E-state index contributed by atoms with van der Waals surface area (Å²) in [6.45, 7) is 2.88. The van der Waals surface area contributed by atoms with Gasteiger partial charge in [0.05, 0.1) is 12.1 Å². The van der Waals surface area contributed by atoms with E-state index in [1.807, 2.05) is 0 Å². The topological polar surface area (TPSA) is 50.4 Å². The first kappa shape index (κ1) is 11.5. The van der Waals surface area contributed by atoms with Crippen molar-refractivity contribution in [3.05, 3.63) is 0 Å². The van der Waals surface area contributed by atoms with E-state index < -0.39 is 0 Å². The number of carbonyl (C=O) groups is 1. The Morgan fingerprint density at radius 3 is 2.88 bits per heavy atom. The Bertz CT molecular complexity index is 285. The summed E-state index contributed by atoms with van der Waals surface area (Å²) in [5.41, 5.74) is 0. The Hall–Kier alpha value is -0.610. The van der Waals surface area contributed by atoms with Gasteiger partial charge in [0.25, 0.3) is 0 Å². The molecule has 0 spiro atoms. The van der Waals surface area contributed by atoms with E-state index in [0.29, 0.717) is 18.4 Å². The van der Waals surface area contributed by atoms with Crippen LogP contribution in [0.1, 0.15) is 32.1 Å². The number of carbonyl (C=O) groups excluding carboxylic acids is 1. The van der Waals surface area contributed by atoms with E-state index >= 15 is 0 Å². The normalized spacial score (nSPS) is 37.3. The van der Waals surface area contributed by atoms with E-state index in [4.69, 9.17) is 4.74 Å². The molecule has 0 bridgehead atoms. The van der Waals surface area contributed by atoms with E-state index in [1.54, 1.807) is 0 Å². The van der Waals surface area contributed by atoms with E-state index in [2.05, 4.69) is 10.6 Å². The summed E-state index contributed by atoms with van der Waals surface area (Å²) in [4.78, 5) is 11.9. The Labute approximate surface area is 102 Å². The Balaban J connectivity index is 1.46. The van der Waals surface area contributed by atoms with Gasteiger partial charge in [-0.3, -0.25) is 4.79 Å². The minimum atomic E-state index is 0.222. The van der Waals surface area contributed by atoms with Crippen LogP contribution in [0.5, 0.6) is 0 Å². The van der Waals surface area contributed by atoms with Crippen LogP contribution in [-0.2, 0) is 9.53 Å². The van der Waals surface area contributed by atoms with Crippen LogP contribution in [0, 0.1) is 11.8 Å². The zero-order chi connectivity index (χ0) is 11.7. The molecular weight excluding hydrogens is 216 g/mol. The third-order valence-electron chi connectivity index (χ3n) is 4.21. The summed E-state index contributed by atoms with van der Waals surface area (Å²) in [5, 5.41) is 6.49. The molecule has 0 aromatic carbocycles. The maximum Gasteiger partial charge on any atom is 0.220 e. The van der Waals surface area contributed by atoms with Gasteiger partial charge in [0, 0.05) is 13.0 Å². The summed E-state index contributed by atoms with van der Waals surface area (Å²) in [6.07, 6.45) is 5.69. The molecule has 3 aliphatic rings. The highest BCUT2D eigenvalue weighted by atomic mass is 16.5. The van der Waals surface area contributed by atoms with Crippen LogP contribution < -0.4 is 10.6 Å². The van der Waals surface area contributed by atoms with Crippen molar-refractivity contribution in [2.24, 2.45) is 11.8 Å².